The van der Waals surface area contributed by atoms with Crippen molar-refractivity contribution in [2.45, 2.75) is 25.5 Å². The summed E-state index contributed by atoms with van der Waals surface area (Å²) >= 11 is 3.15. The van der Waals surface area contributed by atoms with Gasteiger partial charge in [-0.25, -0.2) is 0 Å². The quantitative estimate of drug-likeness (QED) is 0.745. The molecule has 0 spiro atoms. The first-order valence-corrected chi connectivity index (χ1v) is 5.92. The van der Waals surface area contributed by atoms with Crippen LogP contribution in [-0.4, -0.2) is 15.3 Å². The van der Waals surface area contributed by atoms with Crippen molar-refractivity contribution >= 4 is 28.3 Å². The minimum absolute atomic E-state index is 0.763. The maximum Gasteiger partial charge on any atom is 0.131 e. The van der Waals surface area contributed by atoms with Crippen molar-refractivity contribution in [1.29, 1.82) is 0 Å². The highest BCUT2D eigenvalue weighted by molar-refractivity contribution is 7.98. The van der Waals surface area contributed by atoms with Crippen molar-refractivity contribution in [2.24, 2.45) is 0 Å². The maximum absolute atomic E-state index is 5.64. The normalized spacial score (nSPS) is 10.4. The number of rotatable bonds is 5. The Morgan fingerprint density at radius 3 is 3.00 bits per heavy atom. The molecule has 1 aromatic rings. The van der Waals surface area contributed by atoms with Gasteiger partial charge in [0.25, 0.3) is 0 Å². The number of thioether (sulfide) groups is 1. The zero-order valence-corrected chi connectivity index (χ0v) is 8.75. The van der Waals surface area contributed by atoms with E-state index in [9.17, 15) is 0 Å². The van der Waals surface area contributed by atoms with Crippen LogP contribution in [-0.2, 0) is 5.75 Å². The Morgan fingerprint density at radius 1 is 1.58 bits per heavy atom. The number of aromatic nitrogens is 2. The van der Waals surface area contributed by atoms with Crippen LogP contribution in [0.3, 0.4) is 0 Å². The van der Waals surface area contributed by atoms with Crippen LogP contribution in [0.1, 0.15) is 25.5 Å². The third-order valence-electron chi connectivity index (χ3n) is 1.47. The molecule has 2 N–H and O–H groups in total. The number of nitrogens with zero attached hydrogens (tertiary/aromatic N) is 2. The predicted octanol–water partition coefficient (Wildman–Crippen LogP) is 2.15. The second-order valence-electron chi connectivity index (χ2n) is 2.49. The number of nitrogen functional groups attached to an aromatic ring is 1. The fourth-order valence-electron chi connectivity index (χ4n) is 0.731. The molecule has 0 saturated carbocycles. The maximum atomic E-state index is 5.64. The molecule has 1 aromatic heterocycles. The number of nitrogens with two attached hydrogens (primary N) is 1. The van der Waals surface area contributed by atoms with E-state index >= 15 is 0 Å². The average molecular weight is 203 g/mol. The molecule has 0 fully saturated rings. The lowest BCUT2D eigenvalue weighted by molar-refractivity contribution is 0.895. The van der Waals surface area contributed by atoms with Gasteiger partial charge < -0.3 is 5.73 Å². The van der Waals surface area contributed by atoms with Crippen LogP contribution < -0.4 is 5.73 Å². The van der Waals surface area contributed by atoms with Crippen LogP contribution in [0, 0.1) is 0 Å². The minimum atomic E-state index is 0.763. The largest absolute Gasteiger partial charge is 0.388 e. The number of anilines is 1. The first kappa shape index (κ1) is 9.80. The van der Waals surface area contributed by atoms with E-state index in [0.717, 1.165) is 16.4 Å². The lowest BCUT2D eigenvalue weighted by Gasteiger charge is -1.96. The molecule has 0 atom stereocenters. The van der Waals surface area contributed by atoms with Crippen molar-refractivity contribution in [1.82, 2.24) is 9.59 Å². The smallest absolute Gasteiger partial charge is 0.131 e. The van der Waals surface area contributed by atoms with Gasteiger partial charge in [0.15, 0.2) is 0 Å². The zero-order valence-electron chi connectivity index (χ0n) is 7.12. The topological polar surface area (TPSA) is 51.8 Å². The van der Waals surface area contributed by atoms with Gasteiger partial charge in [-0.15, -0.1) is 5.10 Å². The monoisotopic (exact) mass is 203 g/mol. The molecule has 5 heteroatoms. The molecule has 0 radical (unpaired) electrons. The molecule has 3 nitrogen and oxygen atoms in total. The Balaban J connectivity index is 2.20. The number of hydrogen-bond acceptors (Lipinski definition) is 5. The van der Waals surface area contributed by atoms with Gasteiger partial charge in [0.05, 0.1) is 0 Å². The summed E-state index contributed by atoms with van der Waals surface area (Å²) in [6.07, 6.45) is 2.51. The molecule has 0 bridgehead atoms. The summed E-state index contributed by atoms with van der Waals surface area (Å²) in [4.78, 5) is 0. The molecule has 1 rings (SSSR count). The Bertz CT molecular complexity index is 224. The molecule has 0 unspecified atom stereocenters. The molecule has 0 aliphatic rings. The molecular weight excluding hydrogens is 190 g/mol. The molecular formula is C7H13N3S2. The Kier molecular flexibility index (Phi) is 4.39. The Hall–Kier alpha value is -0.290. The fourth-order valence-corrected chi connectivity index (χ4v) is 2.31. The van der Waals surface area contributed by atoms with Crippen LogP contribution in [0.2, 0.25) is 0 Å². The second kappa shape index (κ2) is 5.37. The van der Waals surface area contributed by atoms with Crippen molar-refractivity contribution < 1.29 is 0 Å². The highest BCUT2D eigenvalue weighted by atomic mass is 32.2. The Labute approximate surface area is 80.9 Å². The van der Waals surface area contributed by atoms with E-state index in [4.69, 9.17) is 5.73 Å². The predicted molar refractivity (Wildman–Crippen MR) is 55.4 cm³/mol. The van der Waals surface area contributed by atoms with Crippen LogP contribution in [0.4, 0.5) is 5.00 Å². The molecule has 0 aliphatic heterocycles. The lowest BCUT2D eigenvalue weighted by Crippen LogP contribution is -1.89. The molecule has 0 aliphatic carbocycles. The van der Waals surface area contributed by atoms with E-state index in [2.05, 4.69) is 16.5 Å². The summed E-state index contributed by atoms with van der Waals surface area (Å²) in [6.45, 7) is 2.19. The van der Waals surface area contributed by atoms with Gasteiger partial charge in [-0.1, -0.05) is 17.8 Å². The van der Waals surface area contributed by atoms with E-state index in [1.807, 2.05) is 11.8 Å². The molecule has 12 heavy (non-hydrogen) atoms. The van der Waals surface area contributed by atoms with E-state index in [0.29, 0.717) is 0 Å². The third-order valence-corrected chi connectivity index (χ3v) is 3.12. The SMILES string of the molecule is CCCCSCc1nnsc1N. The third kappa shape index (κ3) is 2.98. The summed E-state index contributed by atoms with van der Waals surface area (Å²) in [6, 6.07) is 0. The molecule has 0 aromatic carbocycles. The van der Waals surface area contributed by atoms with E-state index < -0.39 is 0 Å². The first-order valence-electron chi connectivity index (χ1n) is 3.99. The summed E-state index contributed by atoms with van der Waals surface area (Å²) in [5, 5.41) is 4.70. The molecule has 68 valence electrons. The molecule has 1 heterocycles. The second-order valence-corrected chi connectivity index (χ2v) is 4.38. The fraction of sp³-hybridized carbons (Fsp3) is 0.714. The highest BCUT2D eigenvalue weighted by Gasteiger charge is 2.02. The van der Waals surface area contributed by atoms with Crippen LogP contribution in [0.15, 0.2) is 0 Å². The molecule has 0 amide bonds. The zero-order chi connectivity index (χ0) is 8.81. The van der Waals surface area contributed by atoms with Gasteiger partial charge in [0, 0.05) is 17.3 Å². The van der Waals surface area contributed by atoms with Crippen LogP contribution >= 0.6 is 23.3 Å². The van der Waals surface area contributed by atoms with Gasteiger partial charge >= 0.3 is 0 Å². The van der Waals surface area contributed by atoms with Crippen LogP contribution in [0.25, 0.3) is 0 Å². The highest BCUT2D eigenvalue weighted by Crippen LogP contribution is 2.19. The number of unbranched alkanes of at least 4 members (excludes halogenated alkanes) is 1. The Morgan fingerprint density at radius 2 is 2.42 bits per heavy atom. The van der Waals surface area contributed by atoms with Gasteiger partial charge in [0.1, 0.15) is 10.7 Å². The van der Waals surface area contributed by atoms with Gasteiger partial charge in [0.2, 0.25) is 0 Å². The van der Waals surface area contributed by atoms with Crippen molar-refractivity contribution in [2.75, 3.05) is 11.5 Å². The molecule has 0 saturated heterocycles. The minimum Gasteiger partial charge on any atom is -0.388 e. The van der Waals surface area contributed by atoms with Crippen molar-refractivity contribution in [3.63, 3.8) is 0 Å². The van der Waals surface area contributed by atoms with E-state index in [1.165, 1.54) is 30.1 Å². The standard InChI is InChI=1S/C7H13N3S2/c1-2-3-4-11-5-6-7(8)12-10-9-6/h2-5,8H2,1H3. The van der Waals surface area contributed by atoms with Gasteiger partial charge in [-0.05, 0) is 12.2 Å². The van der Waals surface area contributed by atoms with Crippen molar-refractivity contribution in [3.05, 3.63) is 5.69 Å². The summed E-state index contributed by atoms with van der Waals surface area (Å²) in [7, 11) is 0. The van der Waals surface area contributed by atoms with Gasteiger partial charge in [-0.3, -0.25) is 0 Å². The van der Waals surface area contributed by atoms with E-state index in [-0.39, 0.29) is 0 Å². The van der Waals surface area contributed by atoms with Crippen LogP contribution in [0.5, 0.6) is 0 Å². The van der Waals surface area contributed by atoms with Gasteiger partial charge in [-0.2, -0.15) is 11.8 Å². The van der Waals surface area contributed by atoms with E-state index in [1.54, 1.807) is 0 Å². The lowest BCUT2D eigenvalue weighted by atomic mass is 10.4. The number of hydrogen-bond donors (Lipinski definition) is 1. The summed E-state index contributed by atoms with van der Waals surface area (Å²) in [5.74, 6) is 2.09. The summed E-state index contributed by atoms with van der Waals surface area (Å²) < 4.78 is 3.77. The van der Waals surface area contributed by atoms with Crippen molar-refractivity contribution in [3.8, 4) is 0 Å². The summed E-state index contributed by atoms with van der Waals surface area (Å²) in [5.41, 5.74) is 6.58. The first-order chi connectivity index (χ1) is 5.84. The average Bonchev–Trinajstić information content (AvgIpc) is 2.46.